The van der Waals surface area contributed by atoms with Gasteiger partial charge in [-0.15, -0.1) is 0 Å². The zero-order valence-electron chi connectivity index (χ0n) is 18.5. The Labute approximate surface area is 194 Å². The standard InChI is InChI=1S/C27H28N2O4/c30-26(28-25-15-6-5-14-24(25)27(31)29-16-7-2-8-17-29)21-10-9-13-23(20-21)33-19-18-32-22-11-3-1-4-12-22/h1,3-6,9-15,20H,2,7-8,16-19H2,(H,28,30). The average Bonchev–Trinajstić information content (AvgIpc) is 2.88. The van der Waals surface area contributed by atoms with Crippen molar-refractivity contribution in [2.75, 3.05) is 31.6 Å². The van der Waals surface area contributed by atoms with Crippen LogP contribution in [0.2, 0.25) is 0 Å². The van der Waals surface area contributed by atoms with Crippen LogP contribution >= 0.6 is 0 Å². The number of carbonyl (C=O) groups excluding carboxylic acids is 2. The van der Waals surface area contributed by atoms with Gasteiger partial charge in [0, 0.05) is 18.7 Å². The summed E-state index contributed by atoms with van der Waals surface area (Å²) in [5.74, 6) is 1.03. The quantitative estimate of drug-likeness (QED) is 0.495. The van der Waals surface area contributed by atoms with Gasteiger partial charge in [0.15, 0.2) is 0 Å². The van der Waals surface area contributed by atoms with Gasteiger partial charge >= 0.3 is 0 Å². The molecular weight excluding hydrogens is 416 g/mol. The summed E-state index contributed by atoms with van der Waals surface area (Å²) in [7, 11) is 0. The first-order valence-corrected chi connectivity index (χ1v) is 11.3. The van der Waals surface area contributed by atoms with Gasteiger partial charge < -0.3 is 19.7 Å². The number of benzene rings is 3. The molecule has 0 bridgehead atoms. The molecule has 3 aromatic rings. The number of ether oxygens (including phenoxy) is 2. The Kier molecular flexibility index (Phi) is 7.59. The van der Waals surface area contributed by atoms with Crippen molar-refractivity contribution in [3.63, 3.8) is 0 Å². The average molecular weight is 445 g/mol. The molecule has 1 aliphatic rings. The Bertz CT molecular complexity index is 1080. The van der Waals surface area contributed by atoms with Crippen LogP contribution in [-0.4, -0.2) is 43.0 Å². The van der Waals surface area contributed by atoms with Crippen molar-refractivity contribution in [3.05, 3.63) is 90.0 Å². The number of amides is 2. The molecule has 1 fully saturated rings. The second kappa shape index (κ2) is 11.2. The minimum atomic E-state index is -0.292. The third-order valence-electron chi connectivity index (χ3n) is 5.51. The lowest BCUT2D eigenvalue weighted by Gasteiger charge is -2.27. The van der Waals surface area contributed by atoms with Crippen LogP contribution in [0.1, 0.15) is 40.0 Å². The number of hydrogen-bond acceptors (Lipinski definition) is 4. The predicted molar refractivity (Wildman–Crippen MR) is 128 cm³/mol. The van der Waals surface area contributed by atoms with Crippen molar-refractivity contribution in [3.8, 4) is 11.5 Å². The van der Waals surface area contributed by atoms with Gasteiger partial charge in [-0.1, -0.05) is 36.4 Å². The molecule has 0 unspecified atom stereocenters. The maximum Gasteiger partial charge on any atom is 0.255 e. The first kappa shape index (κ1) is 22.4. The van der Waals surface area contributed by atoms with Gasteiger partial charge in [0.1, 0.15) is 24.7 Å². The van der Waals surface area contributed by atoms with E-state index in [-0.39, 0.29) is 11.8 Å². The van der Waals surface area contributed by atoms with Crippen molar-refractivity contribution in [2.24, 2.45) is 0 Å². The van der Waals surface area contributed by atoms with E-state index in [0.29, 0.717) is 35.8 Å². The van der Waals surface area contributed by atoms with E-state index in [2.05, 4.69) is 5.32 Å². The van der Waals surface area contributed by atoms with Crippen molar-refractivity contribution in [2.45, 2.75) is 19.3 Å². The minimum Gasteiger partial charge on any atom is -0.490 e. The van der Waals surface area contributed by atoms with Gasteiger partial charge in [0.05, 0.1) is 11.3 Å². The van der Waals surface area contributed by atoms with E-state index in [1.165, 1.54) is 0 Å². The number of likely N-dealkylation sites (tertiary alicyclic amines) is 1. The van der Waals surface area contributed by atoms with E-state index in [9.17, 15) is 9.59 Å². The highest BCUT2D eigenvalue weighted by atomic mass is 16.5. The Balaban J connectivity index is 1.36. The summed E-state index contributed by atoms with van der Waals surface area (Å²) in [6.45, 7) is 2.27. The molecule has 1 saturated heterocycles. The highest BCUT2D eigenvalue weighted by Gasteiger charge is 2.21. The topological polar surface area (TPSA) is 67.9 Å². The summed E-state index contributed by atoms with van der Waals surface area (Å²) in [6, 6.07) is 23.7. The van der Waals surface area contributed by atoms with Crippen molar-refractivity contribution < 1.29 is 19.1 Å². The minimum absolute atomic E-state index is 0.0406. The summed E-state index contributed by atoms with van der Waals surface area (Å²) >= 11 is 0. The van der Waals surface area contributed by atoms with Crippen molar-refractivity contribution in [1.82, 2.24) is 4.90 Å². The van der Waals surface area contributed by atoms with Crippen LogP contribution in [-0.2, 0) is 0 Å². The number of nitrogens with one attached hydrogen (secondary N) is 1. The summed E-state index contributed by atoms with van der Waals surface area (Å²) in [5, 5.41) is 2.90. The van der Waals surface area contributed by atoms with E-state index < -0.39 is 0 Å². The highest BCUT2D eigenvalue weighted by Crippen LogP contribution is 2.22. The lowest BCUT2D eigenvalue weighted by Crippen LogP contribution is -2.36. The molecule has 170 valence electrons. The van der Waals surface area contributed by atoms with Crippen LogP contribution in [0, 0.1) is 0 Å². The molecule has 1 aliphatic heterocycles. The van der Waals surface area contributed by atoms with Crippen molar-refractivity contribution in [1.29, 1.82) is 0 Å². The third kappa shape index (κ3) is 6.13. The van der Waals surface area contributed by atoms with Crippen LogP contribution in [0.15, 0.2) is 78.9 Å². The number of nitrogens with zero attached hydrogens (tertiary/aromatic N) is 1. The molecule has 3 aromatic carbocycles. The zero-order valence-corrected chi connectivity index (χ0v) is 18.5. The fourth-order valence-corrected chi connectivity index (χ4v) is 3.80. The number of piperidine rings is 1. The summed E-state index contributed by atoms with van der Waals surface area (Å²) in [6.07, 6.45) is 3.19. The van der Waals surface area contributed by atoms with E-state index in [4.69, 9.17) is 9.47 Å². The summed E-state index contributed by atoms with van der Waals surface area (Å²) in [5.41, 5.74) is 1.48. The van der Waals surface area contributed by atoms with Crippen LogP contribution < -0.4 is 14.8 Å². The van der Waals surface area contributed by atoms with Crippen LogP contribution in [0.5, 0.6) is 11.5 Å². The molecule has 1 N–H and O–H groups in total. The molecule has 6 heteroatoms. The molecule has 0 saturated carbocycles. The maximum atomic E-state index is 13.0. The Morgan fingerprint density at radius 1 is 0.758 bits per heavy atom. The fraction of sp³-hybridized carbons (Fsp3) is 0.259. The van der Waals surface area contributed by atoms with Crippen LogP contribution in [0.3, 0.4) is 0 Å². The lowest BCUT2D eigenvalue weighted by molar-refractivity contribution is 0.0725. The first-order valence-electron chi connectivity index (χ1n) is 11.3. The maximum absolute atomic E-state index is 13.0. The molecule has 33 heavy (non-hydrogen) atoms. The molecule has 0 spiro atoms. The van der Waals surface area contributed by atoms with Gasteiger partial charge in [0.2, 0.25) is 0 Å². The Hall–Kier alpha value is -3.80. The SMILES string of the molecule is O=C(Nc1ccccc1C(=O)N1CCCCC1)c1cccc(OCCOc2ccccc2)c1. The molecule has 1 heterocycles. The molecule has 4 rings (SSSR count). The second-order valence-electron chi connectivity index (χ2n) is 7.89. The number of carbonyl (C=O) groups is 2. The molecule has 0 aromatic heterocycles. The van der Waals surface area contributed by atoms with Gasteiger partial charge in [-0.3, -0.25) is 9.59 Å². The molecular formula is C27H28N2O4. The van der Waals surface area contributed by atoms with Crippen LogP contribution in [0.4, 0.5) is 5.69 Å². The van der Waals surface area contributed by atoms with Gasteiger partial charge in [-0.05, 0) is 61.7 Å². The monoisotopic (exact) mass is 444 g/mol. The van der Waals surface area contributed by atoms with Crippen molar-refractivity contribution >= 4 is 17.5 Å². The molecule has 0 atom stereocenters. The molecule has 0 radical (unpaired) electrons. The first-order chi connectivity index (χ1) is 16.2. The Morgan fingerprint density at radius 3 is 2.21 bits per heavy atom. The number of anilines is 1. The van der Waals surface area contributed by atoms with Crippen LogP contribution in [0.25, 0.3) is 0 Å². The van der Waals surface area contributed by atoms with Gasteiger partial charge in [-0.25, -0.2) is 0 Å². The summed E-state index contributed by atoms with van der Waals surface area (Å²) < 4.78 is 11.4. The highest BCUT2D eigenvalue weighted by molar-refractivity contribution is 6.09. The normalized spacial score (nSPS) is 13.3. The Morgan fingerprint density at radius 2 is 1.42 bits per heavy atom. The van der Waals surface area contributed by atoms with E-state index in [1.54, 1.807) is 36.4 Å². The molecule has 0 aliphatic carbocycles. The number of hydrogen-bond donors (Lipinski definition) is 1. The zero-order chi connectivity index (χ0) is 22.9. The molecule has 2 amide bonds. The largest absolute Gasteiger partial charge is 0.490 e. The third-order valence-corrected chi connectivity index (χ3v) is 5.51. The van der Waals surface area contributed by atoms with Gasteiger partial charge in [0.25, 0.3) is 11.8 Å². The van der Waals surface area contributed by atoms with E-state index >= 15 is 0 Å². The molecule has 6 nitrogen and oxygen atoms in total. The lowest BCUT2D eigenvalue weighted by atomic mass is 10.1. The second-order valence-corrected chi connectivity index (χ2v) is 7.89. The predicted octanol–water partition coefficient (Wildman–Crippen LogP) is 5.02. The number of para-hydroxylation sites is 2. The van der Waals surface area contributed by atoms with E-state index in [1.807, 2.05) is 47.4 Å². The summed E-state index contributed by atoms with van der Waals surface area (Å²) in [4.78, 5) is 27.8. The number of rotatable bonds is 8. The van der Waals surface area contributed by atoms with E-state index in [0.717, 1.165) is 38.1 Å². The smallest absolute Gasteiger partial charge is 0.255 e. The fourth-order valence-electron chi connectivity index (χ4n) is 3.80. The van der Waals surface area contributed by atoms with Gasteiger partial charge in [-0.2, -0.15) is 0 Å².